The van der Waals surface area contributed by atoms with E-state index in [9.17, 15) is 0 Å². The van der Waals surface area contributed by atoms with Gasteiger partial charge in [0.05, 0.1) is 5.69 Å². The van der Waals surface area contributed by atoms with E-state index in [0.717, 1.165) is 53.0 Å². The summed E-state index contributed by atoms with van der Waals surface area (Å²) < 4.78 is 0. The molecule has 4 rings (SSSR count). The van der Waals surface area contributed by atoms with E-state index in [2.05, 4.69) is 44.2 Å². The summed E-state index contributed by atoms with van der Waals surface area (Å²) in [6.45, 7) is 4.42. The number of hydrogen-bond donors (Lipinski definition) is 1. The van der Waals surface area contributed by atoms with Gasteiger partial charge in [0.2, 0.25) is 0 Å². The maximum atomic E-state index is 5.96. The quantitative estimate of drug-likeness (QED) is 0.757. The molecule has 26 heavy (non-hydrogen) atoms. The third kappa shape index (κ3) is 3.63. The Hall–Kier alpha value is -2.66. The minimum absolute atomic E-state index is 0.698. The van der Waals surface area contributed by atoms with Crippen LogP contribution in [0.4, 0.5) is 11.6 Å². The molecule has 0 aliphatic carbocycles. The predicted octanol–water partition coefficient (Wildman–Crippen LogP) is 4.01. The number of anilines is 2. The van der Waals surface area contributed by atoms with Crippen LogP contribution in [0.2, 0.25) is 5.02 Å². The second-order valence-electron chi connectivity index (χ2n) is 6.49. The molecule has 5 nitrogen and oxygen atoms in total. The molecule has 0 fully saturated rings. The second-order valence-corrected chi connectivity index (χ2v) is 6.93. The van der Waals surface area contributed by atoms with Crippen molar-refractivity contribution >= 4 is 23.2 Å². The van der Waals surface area contributed by atoms with Crippen molar-refractivity contribution in [2.75, 3.05) is 16.8 Å². The summed E-state index contributed by atoms with van der Waals surface area (Å²) in [6, 6.07) is 12.0. The van der Waals surface area contributed by atoms with Gasteiger partial charge in [0, 0.05) is 42.8 Å². The van der Waals surface area contributed by atoms with E-state index >= 15 is 0 Å². The zero-order valence-electron chi connectivity index (χ0n) is 14.6. The van der Waals surface area contributed by atoms with E-state index in [-0.39, 0.29) is 0 Å². The molecule has 0 bridgehead atoms. The van der Waals surface area contributed by atoms with Crippen molar-refractivity contribution in [1.29, 1.82) is 0 Å². The second kappa shape index (κ2) is 7.30. The van der Waals surface area contributed by atoms with Crippen molar-refractivity contribution in [2.45, 2.75) is 26.4 Å². The highest BCUT2D eigenvalue weighted by Crippen LogP contribution is 2.26. The van der Waals surface area contributed by atoms with Gasteiger partial charge in [0.25, 0.3) is 0 Å². The van der Waals surface area contributed by atoms with Crippen LogP contribution < -0.4 is 10.2 Å². The van der Waals surface area contributed by atoms with E-state index in [1.165, 1.54) is 5.56 Å². The molecular weight excluding hydrogens is 346 g/mol. The molecule has 6 heteroatoms. The first-order valence-corrected chi connectivity index (χ1v) is 9.05. The van der Waals surface area contributed by atoms with E-state index in [1.807, 2.05) is 30.5 Å². The first-order valence-electron chi connectivity index (χ1n) is 8.68. The van der Waals surface area contributed by atoms with Gasteiger partial charge in [-0.05, 0) is 36.2 Å². The maximum absolute atomic E-state index is 5.96. The van der Waals surface area contributed by atoms with Gasteiger partial charge in [-0.1, -0.05) is 29.8 Å². The highest BCUT2D eigenvalue weighted by Gasteiger charge is 2.21. The lowest BCUT2D eigenvalue weighted by Gasteiger charge is -2.30. The number of aryl methyl sites for hydroxylation is 1. The summed E-state index contributed by atoms with van der Waals surface area (Å²) in [7, 11) is 0. The number of aromatic nitrogens is 3. The molecule has 0 spiro atoms. The number of halogens is 1. The number of hydrogen-bond acceptors (Lipinski definition) is 5. The van der Waals surface area contributed by atoms with Crippen LogP contribution in [0.1, 0.15) is 22.4 Å². The Morgan fingerprint density at radius 2 is 1.92 bits per heavy atom. The van der Waals surface area contributed by atoms with Gasteiger partial charge in [-0.2, -0.15) is 0 Å². The molecule has 0 radical (unpaired) electrons. The Bertz CT molecular complexity index is 893. The topological polar surface area (TPSA) is 53.9 Å². The van der Waals surface area contributed by atoms with Crippen LogP contribution in [0.25, 0.3) is 0 Å². The van der Waals surface area contributed by atoms with Gasteiger partial charge in [-0.3, -0.25) is 0 Å². The third-order valence-corrected chi connectivity index (χ3v) is 4.85. The normalized spacial score (nSPS) is 13.4. The van der Waals surface area contributed by atoms with Crippen LogP contribution in [0, 0.1) is 6.92 Å². The van der Waals surface area contributed by atoms with E-state index in [4.69, 9.17) is 11.6 Å². The Morgan fingerprint density at radius 1 is 1.08 bits per heavy atom. The summed E-state index contributed by atoms with van der Waals surface area (Å²) in [5.41, 5.74) is 4.59. The Kier molecular flexibility index (Phi) is 4.71. The van der Waals surface area contributed by atoms with Crippen LogP contribution in [-0.4, -0.2) is 21.5 Å². The smallest absolute Gasteiger partial charge is 0.134 e. The number of nitrogens with one attached hydrogen (secondary N) is 1. The SMILES string of the molecule is Cc1ccc(N2CCc3ncnc(NCc4ccc(Cl)cc4)c3C2)nc1. The monoisotopic (exact) mass is 365 g/mol. The first kappa shape index (κ1) is 16.8. The van der Waals surface area contributed by atoms with Crippen molar-refractivity contribution < 1.29 is 0 Å². The van der Waals surface area contributed by atoms with Crippen LogP contribution in [0.3, 0.4) is 0 Å². The van der Waals surface area contributed by atoms with Gasteiger partial charge in [0.1, 0.15) is 18.0 Å². The first-order chi connectivity index (χ1) is 12.7. The van der Waals surface area contributed by atoms with Crippen molar-refractivity contribution in [2.24, 2.45) is 0 Å². The van der Waals surface area contributed by atoms with Gasteiger partial charge >= 0.3 is 0 Å². The van der Waals surface area contributed by atoms with Gasteiger partial charge in [-0.15, -0.1) is 0 Å². The highest BCUT2D eigenvalue weighted by atomic mass is 35.5. The maximum Gasteiger partial charge on any atom is 0.134 e. The molecule has 0 unspecified atom stereocenters. The largest absolute Gasteiger partial charge is 0.366 e. The molecule has 0 saturated heterocycles. The zero-order valence-corrected chi connectivity index (χ0v) is 15.4. The molecule has 0 amide bonds. The fourth-order valence-electron chi connectivity index (χ4n) is 3.12. The molecular formula is C20H20ClN5. The van der Waals surface area contributed by atoms with E-state index in [0.29, 0.717) is 6.54 Å². The van der Waals surface area contributed by atoms with Gasteiger partial charge in [-0.25, -0.2) is 15.0 Å². The summed E-state index contributed by atoms with van der Waals surface area (Å²) in [4.78, 5) is 15.8. The third-order valence-electron chi connectivity index (χ3n) is 4.60. The minimum atomic E-state index is 0.698. The number of nitrogens with zero attached hydrogens (tertiary/aromatic N) is 4. The van der Waals surface area contributed by atoms with E-state index in [1.54, 1.807) is 6.33 Å². The summed E-state index contributed by atoms with van der Waals surface area (Å²) in [6.07, 6.45) is 4.44. The van der Waals surface area contributed by atoms with Crippen molar-refractivity contribution in [3.05, 3.63) is 76.3 Å². The number of rotatable bonds is 4. The number of benzene rings is 1. The predicted molar refractivity (Wildman–Crippen MR) is 105 cm³/mol. The molecule has 1 aromatic carbocycles. The van der Waals surface area contributed by atoms with Crippen molar-refractivity contribution in [3.8, 4) is 0 Å². The fraction of sp³-hybridized carbons (Fsp3) is 0.250. The molecule has 1 aliphatic rings. The minimum Gasteiger partial charge on any atom is -0.366 e. The van der Waals surface area contributed by atoms with Crippen LogP contribution in [-0.2, 0) is 19.5 Å². The van der Waals surface area contributed by atoms with Gasteiger partial charge < -0.3 is 10.2 Å². The molecule has 1 aliphatic heterocycles. The highest BCUT2D eigenvalue weighted by molar-refractivity contribution is 6.30. The molecule has 1 N–H and O–H groups in total. The average molecular weight is 366 g/mol. The standard InChI is InChI=1S/C20H20ClN5/c1-14-2-7-19(22-10-14)26-9-8-18-17(12-26)20(25-13-24-18)23-11-15-3-5-16(21)6-4-15/h2-7,10,13H,8-9,11-12H2,1H3,(H,23,24,25). The molecule has 2 aromatic heterocycles. The Balaban J connectivity index is 1.53. The molecule has 3 aromatic rings. The average Bonchev–Trinajstić information content (AvgIpc) is 2.68. The van der Waals surface area contributed by atoms with Gasteiger partial charge in [0.15, 0.2) is 0 Å². The number of fused-ring (bicyclic) bond motifs is 1. The lowest BCUT2D eigenvalue weighted by molar-refractivity contribution is 0.697. The fourth-order valence-corrected chi connectivity index (χ4v) is 3.25. The van der Waals surface area contributed by atoms with Crippen LogP contribution in [0.5, 0.6) is 0 Å². The summed E-state index contributed by atoms with van der Waals surface area (Å²) in [5, 5.41) is 4.19. The zero-order chi connectivity index (χ0) is 17.9. The molecule has 0 atom stereocenters. The Labute approximate surface area is 158 Å². The van der Waals surface area contributed by atoms with Crippen molar-refractivity contribution in [1.82, 2.24) is 15.0 Å². The molecule has 0 saturated carbocycles. The summed E-state index contributed by atoms with van der Waals surface area (Å²) >= 11 is 5.96. The van der Waals surface area contributed by atoms with Crippen molar-refractivity contribution in [3.63, 3.8) is 0 Å². The Morgan fingerprint density at radius 3 is 2.69 bits per heavy atom. The number of pyridine rings is 1. The van der Waals surface area contributed by atoms with Crippen LogP contribution in [0.15, 0.2) is 48.9 Å². The molecule has 3 heterocycles. The molecule has 132 valence electrons. The van der Waals surface area contributed by atoms with E-state index < -0.39 is 0 Å². The lowest BCUT2D eigenvalue weighted by atomic mass is 10.1. The lowest BCUT2D eigenvalue weighted by Crippen LogP contribution is -2.32. The van der Waals surface area contributed by atoms with Crippen LogP contribution >= 0.6 is 11.6 Å². The summed E-state index contributed by atoms with van der Waals surface area (Å²) in [5.74, 6) is 1.88.